The summed E-state index contributed by atoms with van der Waals surface area (Å²) in [5.41, 5.74) is 9.48. The van der Waals surface area contributed by atoms with Crippen molar-refractivity contribution < 1.29 is 25.2 Å². The summed E-state index contributed by atoms with van der Waals surface area (Å²) in [6, 6.07) is 60.3. The largest absolute Gasteiger partial charge is 0.378 e. The van der Waals surface area contributed by atoms with Crippen LogP contribution in [0.3, 0.4) is 0 Å². The van der Waals surface area contributed by atoms with Gasteiger partial charge < -0.3 is 8.37 Å². The van der Waals surface area contributed by atoms with Crippen LogP contribution < -0.4 is 8.37 Å². The van der Waals surface area contributed by atoms with Gasteiger partial charge in [0.1, 0.15) is 9.79 Å². The molecular formula is C51H38O6S2. The number of fused-ring (bicyclic) bond motifs is 3. The van der Waals surface area contributed by atoms with Gasteiger partial charge in [-0.2, -0.15) is 16.8 Å². The Morgan fingerprint density at radius 1 is 0.373 bits per heavy atom. The van der Waals surface area contributed by atoms with Crippen LogP contribution in [0.1, 0.15) is 33.4 Å². The maximum atomic E-state index is 13.8. The Hall–Kier alpha value is -6.74. The third-order valence-corrected chi connectivity index (χ3v) is 13.5. The minimum Gasteiger partial charge on any atom is -0.378 e. The Balaban J connectivity index is 1.29. The van der Waals surface area contributed by atoms with E-state index in [-0.39, 0.29) is 21.3 Å². The summed E-state index contributed by atoms with van der Waals surface area (Å²) in [7, 11) is -8.40. The summed E-state index contributed by atoms with van der Waals surface area (Å²) in [4.78, 5) is 0.114. The second-order valence-corrected chi connectivity index (χ2v) is 17.8. The highest BCUT2D eigenvalue weighted by Gasteiger charge is 2.46. The molecule has 0 N–H and O–H groups in total. The third kappa shape index (κ3) is 6.80. The molecule has 0 radical (unpaired) electrons. The molecule has 0 atom stereocenters. The van der Waals surface area contributed by atoms with Crippen LogP contribution >= 0.6 is 0 Å². The molecule has 1 aliphatic carbocycles. The first-order valence-electron chi connectivity index (χ1n) is 19.2. The van der Waals surface area contributed by atoms with Gasteiger partial charge in [-0.05, 0) is 107 Å². The molecule has 0 spiro atoms. The lowest BCUT2D eigenvalue weighted by atomic mass is 9.67. The predicted octanol–water partition coefficient (Wildman–Crippen LogP) is 11.5. The van der Waals surface area contributed by atoms with Crippen molar-refractivity contribution in [1.82, 2.24) is 0 Å². The number of hydrogen-bond donors (Lipinski definition) is 0. The van der Waals surface area contributed by atoms with Gasteiger partial charge in [0.2, 0.25) is 0 Å². The van der Waals surface area contributed by atoms with Crippen molar-refractivity contribution in [2.75, 3.05) is 0 Å². The lowest BCUT2D eigenvalue weighted by molar-refractivity contribution is 0.485. The second kappa shape index (κ2) is 14.9. The minimum absolute atomic E-state index is 0.0569. The zero-order chi connectivity index (χ0) is 40.8. The summed E-state index contributed by atoms with van der Waals surface area (Å²) in [6.07, 6.45) is 0. The maximum absolute atomic E-state index is 13.8. The number of benzene rings is 8. The highest BCUT2D eigenvalue weighted by molar-refractivity contribution is 7.87. The highest BCUT2D eigenvalue weighted by Crippen LogP contribution is 2.57. The SMILES string of the molecule is Cc1ccc(S(=O)(=O)Oc2ccc(C3(c4ccc(OS(=O)(=O)c5ccc(C)cc5)c(-c5ccccc5)c4)c4ccccc4-c4ccccc43)cc2-c2ccccc2)cc1. The van der Waals surface area contributed by atoms with E-state index in [1.165, 1.54) is 0 Å². The first-order valence-corrected chi connectivity index (χ1v) is 22.0. The topological polar surface area (TPSA) is 86.7 Å². The van der Waals surface area contributed by atoms with Crippen LogP contribution in [-0.2, 0) is 25.7 Å². The molecular weight excluding hydrogens is 773 g/mol. The average molecular weight is 811 g/mol. The van der Waals surface area contributed by atoms with Crippen LogP contribution in [0.15, 0.2) is 204 Å². The molecule has 0 unspecified atom stereocenters. The first-order chi connectivity index (χ1) is 28.5. The number of rotatable bonds is 10. The molecule has 0 fully saturated rings. The van der Waals surface area contributed by atoms with E-state index in [0.717, 1.165) is 55.6 Å². The van der Waals surface area contributed by atoms with Gasteiger partial charge in [-0.15, -0.1) is 0 Å². The van der Waals surface area contributed by atoms with E-state index in [0.29, 0.717) is 11.1 Å². The highest BCUT2D eigenvalue weighted by atomic mass is 32.2. The Morgan fingerprint density at radius 2 is 0.729 bits per heavy atom. The van der Waals surface area contributed by atoms with Gasteiger partial charge >= 0.3 is 20.2 Å². The van der Waals surface area contributed by atoms with Crippen molar-refractivity contribution in [2.45, 2.75) is 29.1 Å². The Morgan fingerprint density at radius 3 is 1.12 bits per heavy atom. The van der Waals surface area contributed by atoms with Crippen LogP contribution in [-0.4, -0.2) is 16.8 Å². The first kappa shape index (κ1) is 37.8. The fourth-order valence-corrected chi connectivity index (χ4v) is 10.0. The Kier molecular flexibility index (Phi) is 9.54. The maximum Gasteiger partial charge on any atom is 0.339 e. The van der Waals surface area contributed by atoms with E-state index >= 15 is 0 Å². The van der Waals surface area contributed by atoms with E-state index in [1.807, 2.05) is 123 Å². The van der Waals surface area contributed by atoms with Gasteiger partial charge in [-0.3, -0.25) is 0 Å². The van der Waals surface area contributed by atoms with E-state index in [4.69, 9.17) is 8.37 Å². The zero-order valence-corrected chi connectivity index (χ0v) is 33.9. The van der Waals surface area contributed by atoms with Crippen LogP contribution in [0, 0.1) is 13.8 Å². The molecule has 0 saturated carbocycles. The molecule has 0 amide bonds. The quantitative estimate of drug-likeness (QED) is 0.128. The van der Waals surface area contributed by atoms with Gasteiger partial charge in [0.15, 0.2) is 11.5 Å². The van der Waals surface area contributed by atoms with E-state index in [1.54, 1.807) is 60.7 Å². The molecule has 290 valence electrons. The van der Waals surface area contributed by atoms with Crippen LogP contribution in [0.2, 0.25) is 0 Å². The molecule has 0 aromatic heterocycles. The monoisotopic (exact) mass is 810 g/mol. The average Bonchev–Trinajstić information content (AvgIpc) is 3.56. The van der Waals surface area contributed by atoms with Crippen molar-refractivity contribution in [3.05, 3.63) is 228 Å². The van der Waals surface area contributed by atoms with Crippen molar-refractivity contribution >= 4 is 20.2 Å². The van der Waals surface area contributed by atoms with Gasteiger partial charge in [0.25, 0.3) is 0 Å². The normalized spacial score (nSPS) is 13.0. The van der Waals surface area contributed by atoms with Crippen LogP contribution in [0.25, 0.3) is 33.4 Å². The Labute approximate surface area is 345 Å². The Bertz CT molecular complexity index is 2860. The summed E-state index contributed by atoms with van der Waals surface area (Å²) >= 11 is 0. The molecule has 0 saturated heterocycles. The van der Waals surface area contributed by atoms with E-state index < -0.39 is 25.7 Å². The molecule has 1 aliphatic rings. The summed E-state index contributed by atoms with van der Waals surface area (Å²) < 4.78 is 67.1. The van der Waals surface area contributed by atoms with Crippen LogP contribution in [0.4, 0.5) is 0 Å². The summed E-state index contributed by atoms with van der Waals surface area (Å²) in [6.45, 7) is 3.80. The van der Waals surface area contributed by atoms with Crippen molar-refractivity contribution in [1.29, 1.82) is 0 Å². The van der Waals surface area contributed by atoms with Crippen LogP contribution in [0.5, 0.6) is 11.5 Å². The molecule has 9 rings (SSSR count). The molecule has 59 heavy (non-hydrogen) atoms. The predicted molar refractivity (Wildman–Crippen MR) is 233 cm³/mol. The molecule has 0 aliphatic heterocycles. The third-order valence-electron chi connectivity index (χ3n) is 11.0. The molecule has 6 nitrogen and oxygen atoms in total. The van der Waals surface area contributed by atoms with Gasteiger partial charge in [0.05, 0.1) is 5.41 Å². The number of aryl methyl sites for hydroxylation is 2. The second-order valence-electron chi connectivity index (χ2n) is 14.7. The molecule has 8 aromatic carbocycles. The fraction of sp³-hybridized carbons (Fsp3) is 0.0588. The van der Waals surface area contributed by atoms with E-state index in [9.17, 15) is 16.8 Å². The van der Waals surface area contributed by atoms with Gasteiger partial charge in [-0.25, -0.2) is 0 Å². The minimum atomic E-state index is -4.20. The molecule has 0 heterocycles. The molecule has 8 heteroatoms. The standard InChI is InChI=1S/C51H38O6S2/c1-35-21-27-41(28-22-35)58(52,53)56-49-31-25-39(33-45(49)37-13-5-3-6-14-37)51(47-19-11-9-17-43(47)44-18-10-12-20-48(44)51)40-26-32-50(46(34-40)38-15-7-4-8-16-38)57-59(54,55)42-29-23-36(2)24-30-42/h3-34H,1-2H3. The summed E-state index contributed by atoms with van der Waals surface area (Å²) in [5.74, 6) is 0.371. The van der Waals surface area contributed by atoms with Crippen molar-refractivity contribution in [3.8, 4) is 44.9 Å². The van der Waals surface area contributed by atoms with Crippen molar-refractivity contribution in [2.24, 2.45) is 0 Å². The van der Waals surface area contributed by atoms with Crippen molar-refractivity contribution in [3.63, 3.8) is 0 Å². The number of hydrogen-bond acceptors (Lipinski definition) is 6. The van der Waals surface area contributed by atoms with E-state index in [2.05, 4.69) is 24.3 Å². The fourth-order valence-electron chi connectivity index (χ4n) is 8.12. The van der Waals surface area contributed by atoms with Gasteiger partial charge in [-0.1, -0.05) is 157 Å². The molecule has 0 bridgehead atoms. The smallest absolute Gasteiger partial charge is 0.339 e. The lowest BCUT2D eigenvalue weighted by Gasteiger charge is -2.35. The summed E-state index contributed by atoms with van der Waals surface area (Å²) in [5, 5.41) is 0. The van der Waals surface area contributed by atoms with Gasteiger partial charge in [0, 0.05) is 11.1 Å². The zero-order valence-electron chi connectivity index (χ0n) is 32.2. The molecule has 8 aromatic rings. The lowest BCUT2D eigenvalue weighted by Crippen LogP contribution is -2.29.